The molecule has 1 aromatic carbocycles. The number of benzene rings is 1. The van der Waals surface area contributed by atoms with Gasteiger partial charge in [-0.05, 0) is 30.3 Å². The third kappa shape index (κ3) is 3.25. The number of nitrogens with zero attached hydrogens (tertiary/aromatic N) is 1. The molecule has 0 saturated carbocycles. The predicted molar refractivity (Wildman–Crippen MR) is 66.4 cm³/mol. The van der Waals surface area contributed by atoms with E-state index in [0.29, 0.717) is 16.5 Å². The van der Waals surface area contributed by atoms with E-state index in [-0.39, 0.29) is 5.88 Å². The van der Waals surface area contributed by atoms with Crippen LogP contribution >= 0.6 is 23.4 Å². The van der Waals surface area contributed by atoms with Crippen molar-refractivity contribution in [1.82, 2.24) is 0 Å². The number of hydrogen-bond donors (Lipinski definition) is 0. The van der Waals surface area contributed by atoms with Crippen LogP contribution in [-0.4, -0.2) is 4.92 Å². The van der Waals surface area contributed by atoms with E-state index in [0.717, 1.165) is 4.90 Å². The number of nitro groups is 1. The largest absolute Gasteiger partial charge is 0.433 e. The summed E-state index contributed by atoms with van der Waals surface area (Å²) in [7, 11) is 0. The van der Waals surface area contributed by atoms with Gasteiger partial charge in [-0.15, -0.1) is 11.8 Å². The fourth-order valence-corrected chi connectivity index (χ4v) is 2.15. The second kappa shape index (κ2) is 5.25. The van der Waals surface area contributed by atoms with E-state index in [4.69, 9.17) is 16.0 Å². The number of hydrogen-bond acceptors (Lipinski definition) is 4. The molecule has 17 heavy (non-hydrogen) atoms. The summed E-state index contributed by atoms with van der Waals surface area (Å²) in [4.78, 5) is 10.9. The molecule has 2 rings (SSSR count). The van der Waals surface area contributed by atoms with Gasteiger partial charge in [0.05, 0.1) is 11.8 Å². The molecule has 1 heterocycles. The molecule has 0 aliphatic heterocycles. The van der Waals surface area contributed by atoms with Gasteiger partial charge in [0.1, 0.15) is 10.7 Å². The fraction of sp³-hybridized carbons (Fsp3) is 0.0909. The smallest absolute Gasteiger partial charge is 0.405 e. The molecule has 0 unspecified atom stereocenters. The van der Waals surface area contributed by atoms with E-state index < -0.39 is 4.92 Å². The van der Waals surface area contributed by atoms with Gasteiger partial charge in [-0.3, -0.25) is 10.1 Å². The quantitative estimate of drug-likeness (QED) is 0.476. The first-order valence-corrected chi connectivity index (χ1v) is 6.13. The molecule has 0 atom stereocenters. The van der Waals surface area contributed by atoms with E-state index in [1.54, 1.807) is 18.2 Å². The van der Waals surface area contributed by atoms with Crippen molar-refractivity contribution in [1.29, 1.82) is 0 Å². The van der Waals surface area contributed by atoms with E-state index in [1.807, 2.05) is 12.1 Å². The highest BCUT2D eigenvalue weighted by Gasteiger charge is 2.11. The zero-order valence-corrected chi connectivity index (χ0v) is 10.2. The van der Waals surface area contributed by atoms with Gasteiger partial charge in [0, 0.05) is 9.92 Å². The summed E-state index contributed by atoms with van der Waals surface area (Å²) in [6, 6.07) is 10.4. The summed E-state index contributed by atoms with van der Waals surface area (Å²) < 4.78 is 5.04. The summed E-state index contributed by atoms with van der Waals surface area (Å²) >= 11 is 7.30. The minimum atomic E-state index is -0.545. The third-order valence-electron chi connectivity index (χ3n) is 2.02. The Hall–Kier alpha value is -1.46. The van der Waals surface area contributed by atoms with Crippen molar-refractivity contribution in [2.75, 3.05) is 0 Å². The van der Waals surface area contributed by atoms with Crippen molar-refractivity contribution in [2.45, 2.75) is 10.6 Å². The van der Waals surface area contributed by atoms with Gasteiger partial charge in [0.25, 0.3) is 0 Å². The Morgan fingerprint density at radius 1 is 1.24 bits per heavy atom. The Labute approximate surface area is 107 Å². The van der Waals surface area contributed by atoms with Crippen LogP contribution in [0.2, 0.25) is 5.02 Å². The molecular formula is C11H8ClNO3S. The monoisotopic (exact) mass is 269 g/mol. The van der Waals surface area contributed by atoms with Crippen LogP contribution in [0.3, 0.4) is 0 Å². The van der Waals surface area contributed by atoms with Crippen LogP contribution in [0, 0.1) is 10.1 Å². The Morgan fingerprint density at radius 3 is 2.53 bits per heavy atom. The molecule has 0 N–H and O–H groups in total. The minimum absolute atomic E-state index is 0.225. The van der Waals surface area contributed by atoms with Gasteiger partial charge in [-0.2, -0.15) is 0 Å². The topological polar surface area (TPSA) is 56.3 Å². The van der Waals surface area contributed by atoms with Crippen molar-refractivity contribution in [3.8, 4) is 0 Å². The van der Waals surface area contributed by atoms with Gasteiger partial charge in [0.2, 0.25) is 0 Å². The Kier molecular flexibility index (Phi) is 3.71. The summed E-state index contributed by atoms with van der Waals surface area (Å²) in [5.74, 6) is 0.906. The number of thioether (sulfide) groups is 1. The first-order valence-electron chi connectivity index (χ1n) is 4.76. The van der Waals surface area contributed by atoms with Crippen molar-refractivity contribution in [2.24, 2.45) is 0 Å². The molecule has 0 radical (unpaired) electrons. The van der Waals surface area contributed by atoms with Crippen LogP contribution in [0.25, 0.3) is 0 Å². The second-order valence-corrected chi connectivity index (χ2v) is 4.72. The molecule has 0 saturated heterocycles. The molecule has 2 aromatic rings. The zero-order chi connectivity index (χ0) is 12.3. The van der Waals surface area contributed by atoms with E-state index in [1.165, 1.54) is 17.8 Å². The molecule has 0 aliphatic carbocycles. The highest BCUT2D eigenvalue weighted by Crippen LogP contribution is 2.26. The van der Waals surface area contributed by atoms with Gasteiger partial charge in [-0.25, -0.2) is 0 Å². The molecule has 1 aromatic heterocycles. The highest BCUT2D eigenvalue weighted by molar-refractivity contribution is 7.98. The lowest BCUT2D eigenvalue weighted by molar-refractivity contribution is -0.402. The second-order valence-electron chi connectivity index (χ2n) is 3.24. The van der Waals surface area contributed by atoms with Crippen LogP contribution in [0.4, 0.5) is 5.88 Å². The van der Waals surface area contributed by atoms with Crippen molar-refractivity contribution in [3.63, 3.8) is 0 Å². The molecule has 0 fully saturated rings. The SMILES string of the molecule is O=[N+]([O-])c1ccc(CSc2ccc(Cl)cc2)o1. The normalized spacial score (nSPS) is 10.4. The van der Waals surface area contributed by atoms with E-state index in [9.17, 15) is 10.1 Å². The summed E-state index contributed by atoms with van der Waals surface area (Å²) in [6.07, 6.45) is 0. The van der Waals surface area contributed by atoms with Crippen molar-refractivity contribution in [3.05, 3.63) is 57.3 Å². The fourth-order valence-electron chi connectivity index (χ4n) is 1.23. The Bertz CT molecular complexity index is 524. The maximum absolute atomic E-state index is 10.4. The van der Waals surface area contributed by atoms with Crippen LogP contribution in [-0.2, 0) is 5.75 Å². The summed E-state index contributed by atoms with van der Waals surface area (Å²) in [5.41, 5.74) is 0. The third-order valence-corrected chi connectivity index (χ3v) is 3.31. The molecule has 0 aliphatic rings. The molecule has 0 spiro atoms. The Morgan fingerprint density at radius 2 is 1.94 bits per heavy atom. The lowest BCUT2D eigenvalue weighted by Crippen LogP contribution is -1.83. The zero-order valence-electron chi connectivity index (χ0n) is 8.63. The highest BCUT2D eigenvalue weighted by atomic mass is 35.5. The molecule has 88 valence electrons. The lowest BCUT2D eigenvalue weighted by Gasteiger charge is -1.98. The molecule has 0 bridgehead atoms. The van der Waals surface area contributed by atoms with Crippen LogP contribution in [0.5, 0.6) is 0 Å². The lowest BCUT2D eigenvalue weighted by atomic mass is 10.4. The first kappa shape index (κ1) is 12.0. The van der Waals surface area contributed by atoms with Crippen molar-refractivity contribution < 1.29 is 9.34 Å². The standard InChI is InChI=1S/C11H8ClNO3S/c12-8-1-4-10(5-2-8)17-7-9-3-6-11(16-9)13(14)15/h1-6H,7H2. The Balaban J connectivity index is 1.97. The predicted octanol–water partition coefficient (Wildman–Crippen LogP) is 4.13. The number of halogens is 1. The van der Waals surface area contributed by atoms with Gasteiger partial charge >= 0.3 is 5.88 Å². The average molecular weight is 270 g/mol. The van der Waals surface area contributed by atoms with Crippen LogP contribution in [0.15, 0.2) is 45.7 Å². The summed E-state index contributed by atoms with van der Waals surface area (Å²) in [6.45, 7) is 0. The molecule has 0 amide bonds. The van der Waals surface area contributed by atoms with Gasteiger partial charge in [0.15, 0.2) is 0 Å². The van der Waals surface area contributed by atoms with E-state index >= 15 is 0 Å². The van der Waals surface area contributed by atoms with Crippen LogP contribution in [0.1, 0.15) is 5.76 Å². The number of rotatable bonds is 4. The van der Waals surface area contributed by atoms with Gasteiger partial charge < -0.3 is 4.42 Å². The minimum Gasteiger partial charge on any atom is -0.405 e. The first-order chi connectivity index (χ1) is 8.15. The molecular weight excluding hydrogens is 262 g/mol. The maximum atomic E-state index is 10.4. The number of furan rings is 1. The molecule has 6 heteroatoms. The average Bonchev–Trinajstić information content (AvgIpc) is 2.77. The van der Waals surface area contributed by atoms with Crippen molar-refractivity contribution >= 4 is 29.2 Å². The van der Waals surface area contributed by atoms with E-state index in [2.05, 4.69) is 0 Å². The summed E-state index contributed by atoms with van der Waals surface area (Å²) in [5, 5.41) is 11.1. The van der Waals surface area contributed by atoms with Crippen LogP contribution < -0.4 is 0 Å². The molecule has 4 nitrogen and oxygen atoms in total. The maximum Gasteiger partial charge on any atom is 0.433 e. The van der Waals surface area contributed by atoms with Gasteiger partial charge in [-0.1, -0.05) is 11.6 Å².